The molecule has 0 aliphatic heterocycles. The van der Waals surface area contributed by atoms with Gasteiger partial charge in [0.25, 0.3) is 5.91 Å². The van der Waals surface area contributed by atoms with E-state index in [0.717, 1.165) is 0 Å². The first-order valence-electron chi connectivity index (χ1n) is 5.27. The second kappa shape index (κ2) is 5.83. The SMILES string of the molecule is COCCn1cc(NC(=O)c2ccc(Br)o2)cn1. The standard InChI is InChI=1S/C11H12BrN3O3/c1-17-5-4-15-7-8(6-13-15)14-11(16)9-2-3-10(12)18-9/h2-3,6-7H,4-5H2,1H3,(H,14,16). The zero-order chi connectivity index (χ0) is 13.0. The molecule has 0 saturated carbocycles. The zero-order valence-corrected chi connectivity index (χ0v) is 11.3. The van der Waals surface area contributed by atoms with Crippen molar-refractivity contribution in [1.29, 1.82) is 0 Å². The Morgan fingerprint density at radius 1 is 1.61 bits per heavy atom. The monoisotopic (exact) mass is 313 g/mol. The fraction of sp³-hybridized carbons (Fsp3) is 0.273. The van der Waals surface area contributed by atoms with Crippen LogP contribution in [0, 0.1) is 0 Å². The van der Waals surface area contributed by atoms with Crippen LogP contribution in [-0.2, 0) is 11.3 Å². The predicted molar refractivity (Wildman–Crippen MR) is 68.5 cm³/mol. The third-order valence-electron chi connectivity index (χ3n) is 2.21. The van der Waals surface area contributed by atoms with Gasteiger partial charge in [0.1, 0.15) is 0 Å². The van der Waals surface area contributed by atoms with Crippen molar-refractivity contribution in [3.05, 3.63) is 35.0 Å². The minimum absolute atomic E-state index is 0.242. The molecule has 0 radical (unpaired) electrons. The predicted octanol–water partition coefficient (Wildman–Crippen LogP) is 2.14. The highest BCUT2D eigenvalue weighted by Crippen LogP contribution is 2.15. The Morgan fingerprint density at radius 2 is 2.44 bits per heavy atom. The first kappa shape index (κ1) is 12.8. The van der Waals surface area contributed by atoms with Crippen molar-refractivity contribution in [2.75, 3.05) is 19.0 Å². The van der Waals surface area contributed by atoms with Gasteiger partial charge in [-0.1, -0.05) is 0 Å². The van der Waals surface area contributed by atoms with Crippen LogP contribution in [0.4, 0.5) is 5.69 Å². The van der Waals surface area contributed by atoms with Gasteiger partial charge in [-0.15, -0.1) is 0 Å². The average Bonchev–Trinajstić information content (AvgIpc) is 2.96. The number of halogens is 1. The van der Waals surface area contributed by atoms with Gasteiger partial charge >= 0.3 is 0 Å². The highest BCUT2D eigenvalue weighted by atomic mass is 79.9. The normalized spacial score (nSPS) is 10.6. The maximum atomic E-state index is 11.8. The molecule has 7 heteroatoms. The minimum atomic E-state index is -0.313. The van der Waals surface area contributed by atoms with E-state index in [1.54, 1.807) is 36.3 Å². The Labute approximate surface area is 112 Å². The Hall–Kier alpha value is -1.60. The summed E-state index contributed by atoms with van der Waals surface area (Å²) in [5, 5.41) is 6.78. The van der Waals surface area contributed by atoms with Crippen LogP contribution in [0.15, 0.2) is 33.6 Å². The number of aromatic nitrogens is 2. The number of anilines is 1. The summed E-state index contributed by atoms with van der Waals surface area (Å²) >= 11 is 3.14. The van der Waals surface area contributed by atoms with Gasteiger partial charge < -0.3 is 14.5 Å². The number of hydrogen-bond donors (Lipinski definition) is 1. The van der Waals surface area contributed by atoms with E-state index in [-0.39, 0.29) is 11.7 Å². The molecule has 0 aromatic carbocycles. The number of ether oxygens (including phenoxy) is 1. The van der Waals surface area contributed by atoms with E-state index >= 15 is 0 Å². The van der Waals surface area contributed by atoms with Gasteiger partial charge in [-0.2, -0.15) is 5.10 Å². The summed E-state index contributed by atoms with van der Waals surface area (Å²) in [5.74, 6) is -0.0708. The number of nitrogens with one attached hydrogen (secondary N) is 1. The zero-order valence-electron chi connectivity index (χ0n) is 9.72. The second-order valence-corrected chi connectivity index (χ2v) is 4.32. The molecule has 96 valence electrons. The second-order valence-electron chi connectivity index (χ2n) is 3.54. The van der Waals surface area contributed by atoms with Crippen LogP contribution in [0.2, 0.25) is 0 Å². The molecule has 2 aromatic rings. The largest absolute Gasteiger partial charge is 0.444 e. The fourth-order valence-corrected chi connectivity index (χ4v) is 1.67. The van der Waals surface area contributed by atoms with E-state index in [1.807, 2.05) is 0 Å². The molecular formula is C11H12BrN3O3. The lowest BCUT2D eigenvalue weighted by atomic mass is 10.4. The van der Waals surface area contributed by atoms with Crippen LogP contribution >= 0.6 is 15.9 Å². The molecule has 0 aliphatic rings. The molecule has 2 aromatic heterocycles. The maximum Gasteiger partial charge on any atom is 0.291 e. The molecule has 0 aliphatic carbocycles. The van der Waals surface area contributed by atoms with Gasteiger partial charge in [0.2, 0.25) is 0 Å². The van der Waals surface area contributed by atoms with E-state index in [0.29, 0.717) is 23.5 Å². The number of carbonyl (C=O) groups is 1. The fourth-order valence-electron chi connectivity index (χ4n) is 1.36. The van der Waals surface area contributed by atoms with Gasteiger partial charge in [-0.05, 0) is 28.1 Å². The van der Waals surface area contributed by atoms with Gasteiger partial charge in [-0.25, -0.2) is 0 Å². The molecular weight excluding hydrogens is 302 g/mol. The van der Waals surface area contributed by atoms with Crippen LogP contribution in [0.1, 0.15) is 10.6 Å². The van der Waals surface area contributed by atoms with E-state index in [1.165, 1.54) is 0 Å². The first-order valence-corrected chi connectivity index (χ1v) is 6.06. The van der Waals surface area contributed by atoms with Gasteiger partial charge in [0.15, 0.2) is 10.4 Å². The Morgan fingerprint density at radius 3 is 3.11 bits per heavy atom. The first-order chi connectivity index (χ1) is 8.69. The number of carbonyl (C=O) groups excluding carboxylic acids is 1. The minimum Gasteiger partial charge on any atom is -0.444 e. The van der Waals surface area contributed by atoms with Gasteiger partial charge in [0, 0.05) is 13.3 Å². The summed E-state index contributed by atoms with van der Waals surface area (Å²) in [4.78, 5) is 11.8. The highest BCUT2D eigenvalue weighted by Gasteiger charge is 2.11. The maximum absolute atomic E-state index is 11.8. The van der Waals surface area contributed by atoms with E-state index < -0.39 is 0 Å². The van der Waals surface area contributed by atoms with Crippen LogP contribution in [0.25, 0.3) is 0 Å². The van der Waals surface area contributed by atoms with Crippen LogP contribution in [0.3, 0.4) is 0 Å². The topological polar surface area (TPSA) is 69.3 Å². The highest BCUT2D eigenvalue weighted by molar-refractivity contribution is 9.10. The van der Waals surface area contributed by atoms with Crippen molar-refractivity contribution < 1.29 is 13.9 Å². The average molecular weight is 314 g/mol. The molecule has 1 amide bonds. The summed E-state index contributed by atoms with van der Waals surface area (Å²) in [5.41, 5.74) is 0.614. The number of rotatable bonds is 5. The molecule has 0 atom stereocenters. The third kappa shape index (κ3) is 3.21. The molecule has 18 heavy (non-hydrogen) atoms. The molecule has 0 fully saturated rings. The number of methoxy groups -OCH3 is 1. The van der Waals surface area contributed by atoms with E-state index in [9.17, 15) is 4.79 Å². The summed E-state index contributed by atoms with van der Waals surface area (Å²) in [6.45, 7) is 1.21. The van der Waals surface area contributed by atoms with Crippen molar-refractivity contribution in [2.24, 2.45) is 0 Å². The summed E-state index contributed by atoms with van der Waals surface area (Å²) in [6.07, 6.45) is 3.31. The quantitative estimate of drug-likeness (QED) is 0.918. The molecule has 6 nitrogen and oxygen atoms in total. The summed E-state index contributed by atoms with van der Waals surface area (Å²) in [7, 11) is 1.63. The molecule has 0 unspecified atom stereocenters. The number of amides is 1. The summed E-state index contributed by atoms with van der Waals surface area (Å²) < 4.78 is 12.3. The molecule has 2 heterocycles. The van der Waals surface area contributed by atoms with Crippen LogP contribution in [0.5, 0.6) is 0 Å². The molecule has 0 spiro atoms. The van der Waals surface area contributed by atoms with E-state index in [2.05, 4.69) is 26.3 Å². The lowest BCUT2D eigenvalue weighted by Crippen LogP contribution is -2.10. The van der Waals surface area contributed by atoms with Gasteiger partial charge in [-0.3, -0.25) is 9.48 Å². The Kier molecular flexibility index (Phi) is 4.16. The Balaban J connectivity index is 1.97. The lowest BCUT2D eigenvalue weighted by Gasteiger charge is -1.99. The summed E-state index contributed by atoms with van der Waals surface area (Å²) in [6, 6.07) is 3.26. The number of furan rings is 1. The smallest absolute Gasteiger partial charge is 0.291 e. The number of hydrogen-bond acceptors (Lipinski definition) is 4. The number of nitrogens with zero attached hydrogens (tertiary/aromatic N) is 2. The van der Waals surface area contributed by atoms with E-state index in [4.69, 9.17) is 9.15 Å². The molecule has 0 bridgehead atoms. The van der Waals surface area contributed by atoms with Gasteiger partial charge in [0.05, 0.1) is 25.0 Å². The lowest BCUT2D eigenvalue weighted by molar-refractivity contribution is 0.0995. The van der Waals surface area contributed by atoms with Crippen molar-refractivity contribution >= 4 is 27.5 Å². The van der Waals surface area contributed by atoms with Crippen molar-refractivity contribution in [2.45, 2.75) is 6.54 Å². The molecule has 1 N–H and O–H groups in total. The third-order valence-corrected chi connectivity index (χ3v) is 2.64. The van der Waals surface area contributed by atoms with Crippen molar-refractivity contribution in [1.82, 2.24) is 9.78 Å². The van der Waals surface area contributed by atoms with Crippen LogP contribution in [-0.4, -0.2) is 29.4 Å². The van der Waals surface area contributed by atoms with Crippen molar-refractivity contribution in [3.63, 3.8) is 0 Å². The van der Waals surface area contributed by atoms with Crippen molar-refractivity contribution in [3.8, 4) is 0 Å². The Bertz CT molecular complexity index is 535. The van der Waals surface area contributed by atoms with Crippen LogP contribution < -0.4 is 5.32 Å². The molecule has 2 rings (SSSR count). The molecule has 0 saturated heterocycles.